The van der Waals surface area contributed by atoms with E-state index in [0.29, 0.717) is 5.75 Å². The minimum absolute atomic E-state index is 0.103. The molecule has 0 spiro atoms. The van der Waals surface area contributed by atoms with Gasteiger partial charge in [0.2, 0.25) is 5.91 Å². The second kappa shape index (κ2) is 8.92. The summed E-state index contributed by atoms with van der Waals surface area (Å²) in [5.41, 5.74) is 0. The van der Waals surface area contributed by atoms with Gasteiger partial charge in [0.05, 0.1) is 13.0 Å². The molecule has 1 aromatic rings. The fourth-order valence-electron chi connectivity index (χ4n) is 1.54. The van der Waals surface area contributed by atoms with Gasteiger partial charge in [-0.05, 0) is 12.1 Å². The summed E-state index contributed by atoms with van der Waals surface area (Å²) in [5, 5.41) is 11.4. The normalized spacial score (nSPS) is 11.7. The van der Waals surface area contributed by atoms with E-state index in [0.717, 1.165) is 0 Å². The van der Waals surface area contributed by atoms with Crippen molar-refractivity contribution in [1.82, 2.24) is 5.32 Å². The van der Waals surface area contributed by atoms with E-state index in [2.05, 4.69) is 5.32 Å². The van der Waals surface area contributed by atoms with Crippen LogP contribution in [0, 0.1) is 0 Å². The van der Waals surface area contributed by atoms with Crippen LogP contribution in [0.25, 0.3) is 0 Å². The predicted octanol–water partition coefficient (Wildman–Crippen LogP) is 1.06. The standard InChI is InChI=1S/C14H19NO5/c1-19-9-7-12(14(17)18)15-13(16)8-10-20-11-5-3-2-4-6-11/h2-6,12H,7-10H2,1H3,(H,15,16)(H,17,18). The largest absolute Gasteiger partial charge is 0.493 e. The predicted molar refractivity (Wildman–Crippen MR) is 72.6 cm³/mol. The molecule has 110 valence electrons. The van der Waals surface area contributed by atoms with Crippen LogP contribution in [0.2, 0.25) is 0 Å². The van der Waals surface area contributed by atoms with Crippen molar-refractivity contribution < 1.29 is 24.2 Å². The minimum Gasteiger partial charge on any atom is -0.493 e. The maximum atomic E-state index is 11.6. The fraction of sp³-hybridized carbons (Fsp3) is 0.429. The van der Waals surface area contributed by atoms with Gasteiger partial charge in [-0.2, -0.15) is 0 Å². The number of rotatable bonds is 9. The summed E-state index contributed by atoms with van der Waals surface area (Å²) in [7, 11) is 1.48. The highest BCUT2D eigenvalue weighted by atomic mass is 16.5. The van der Waals surface area contributed by atoms with Crippen molar-refractivity contribution in [1.29, 1.82) is 0 Å². The van der Waals surface area contributed by atoms with E-state index in [1.165, 1.54) is 7.11 Å². The molecule has 1 unspecified atom stereocenters. The Labute approximate surface area is 117 Å². The van der Waals surface area contributed by atoms with Gasteiger partial charge in [-0.25, -0.2) is 4.79 Å². The van der Waals surface area contributed by atoms with Crippen LogP contribution in [-0.2, 0) is 14.3 Å². The minimum atomic E-state index is -1.07. The molecule has 1 aromatic carbocycles. The van der Waals surface area contributed by atoms with Crippen LogP contribution < -0.4 is 10.1 Å². The first-order valence-electron chi connectivity index (χ1n) is 6.32. The van der Waals surface area contributed by atoms with Gasteiger partial charge in [-0.15, -0.1) is 0 Å². The van der Waals surface area contributed by atoms with Crippen molar-refractivity contribution in [2.45, 2.75) is 18.9 Å². The SMILES string of the molecule is COCCC(NC(=O)CCOc1ccccc1)C(=O)O. The van der Waals surface area contributed by atoms with Gasteiger partial charge < -0.3 is 19.9 Å². The second-order valence-corrected chi connectivity index (χ2v) is 4.15. The first kappa shape index (κ1) is 16.0. The van der Waals surface area contributed by atoms with Crippen molar-refractivity contribution in [3.05, 3.63) is 30.3 Å². The summed E-state index contributed by atoms with van der Waals surface area (Å²) >= 11 is 0. The van der Waals surface area contributed by atoms with Crippen LogP contribution >= 0.6 is 0 Å². The maximum absolute atomic E-state index is 11.6. The first-order chi connectivity index (χ1) is 9.63. The van der Waals surface area contributed by atoms with Crippen LogP contribution in [0.5, 0.6) is 5.75 Å². The number of carbonyl (C=O) groups excluding carboxylic acids is 1. The Hall–Kier alpha value is -2.08. The number of carboxylic acids is 1. The average molecular weight is 281 g/mol. The Bertz CT molecular complexity index is 421. The summed E-state index contributed by atoms with van der Waals surface area (Å²) in [6.45, 7) is 0.476. The zero-order valence-electron chi connectivity index (χ0n) is 11.4. The molecule has 0 aliphatic rings. The number of para-hydroxylation sites is 1. The second-order valence-electron chi connectivity index (χ2n) is 4.15. The Kier molecular flexibility index (Phi) is 7.13. The van der Waals surface area contributed by atoms with Crippen LogP contribution in [-0.4, -0.2) is 43.3 Å². The summed E-state index contributed by atoms with van der Waals surface area (Å²) in [6, 6.07) is 8.18. The van der Waals surface area contributed by atoms with E-state index in [9.17, 15) is 9.59 Å². The van der Waals surface area contributed by atoms with Crippen LogP contribution in [0.1, 0.15) is 12.8 Å². The van der Waals surface area contributed by atoms with E-state index in [1.807, 2.05) is 18.2 Å². The third-order valence-corrected chi connectivity index (χ3v) is 2.59. The quantitative estimate of drug-likeness (QED) is 0.707. The number of carboxylic acid groups (broad SMARTS) is 1. The number of ether oxygens (including phenoxy) is 2. The highest BCUT2D eigenvalue weighted by Gasteiger charge is 2.19. The third-order valence-electron chi connectivity index (χ3n) is 2.59. The lowest BCUT2D eigenvalue weighted by Gasteiger charge is -2.14. The van der Waals surface area contributed by atoms with Crippen LogP contribution in [0.15, 0.2) is 30.3 Å². The van der Waals surface area contributed by atoms with Gasteiger partial charge in [0.1, 0.15) is 11.8 Å². The molecule has 0 saturated carbocycles. The molecule has 0 saturated heterocycles. The van der Waals surface area contributed by atoms with Gasteiger partial charge in [0.25, 0.3) is 0 Å². The monoisotopic (exact) mass is 281 g/mol. The Morgan fingerprint density at radius 1 is 1.25 bits per heavy atom. The van der Waals surface area contributed by atoms with E-state index in [4.69, 9.17) is 14.6 Å². The molecule has 1 rings (SSSR count). The number of benzene rings is 1. The summed E-state index contributed by atoms with van der Waals surface area (Å²) in [4.78, 5) is 22.6. The molecule has 6 heteroatoms. The third kappa shape index (κ3) is 6.19. The zero-order chi connectivity index (χ0) is 14.8. The van der Waals surface area contributed by atoms with E-state index in [1.54, 1.807) is 12.1 Å². The van der Waals surface area contributed by atoms with Gasteiger partial charge in [0, 0.05) is 20.1 Å². The number of aliphatic carboxylic acids is 1. The summed E-state index contributed by atoms with van der Waals surface area (Å²) in [5.74, 6) is -0.752. The molecule has 1 amide bonds. The maximum Gasteiger partial charge on any atom is 0.326 e. The van der Waals surface area contributed by atoms with Crippen molar-refractivity contribution in [2.75, 3.05) is 20.3 Å². The molecule has 0 heterocycles. The summed E-state index contributed by atoms with van der Waals surface area (Å²) in [6.07, 6.45) is 0.336. The van der Waals surface area contributed by atoms with Crippen molar-refractivity contribution in [3.63, 3.8) is 0 Å². The molecule has 0 bridgehead atoms. The lowest BCUT2D eigenvalue weighted by Crippen LogP contribution is -2.41. The highest BCUT2D eigenvalue weighted by Crippen LogP contribution is 2.08. The number of hydrogen-bond donors (Lipinski definition) is 2. The number of carbonyl (C=O) groups is 2. The molecule has 1 atom stereocenters. The molecule has 0 aromatic heterocycles. The zero-order valence-corrected chi connectivity index (χ0v) is 11.4. The highest BCUT2D eigenvalue weighted by molar-refractivity contribution is 5.83. The van der Waals surface area contributed by atoms with Crippen molar-refractivity contribution >= 4 is 11.9 Å². The van der Waals surface area contributed by atoms with Gasteiger partial charge in [0.15, 0.2) is 0 Å². The van der Waals surface area contributed by atoms with E-state index >= 15 is 0 Å². The van der Waals surface area contributed by atoms with Crippen molar-refractivity contribution in [3.8, 4) is 5.75 Å². The molecule has 0 fully saturated rings. The molecular formula is C14H19NO5. The molecule has 2 N–H and O–H groups in total. The molecule has 20 heavy (non-hydrogen) atoms. The molecule has 0 aliphatic heterocycles. The van der Waals surface area contributed by atoms with E-state index in [-0.39, 0.29) is 32.0 Å². The number of hydrogen-bond acceptors (Lipinski definition) is 4. The first-order valence-corrected chi connectivity index (χ1v) is 6.32. The van der Waals surface area contributed by atoms with Gasteiger partial charge in [-0.1, -0.05) is 18.2 Å². The number of nitrogens with one attached hydrogen (secondary N) is 1. The smallest absolute Gasteiger partial charge is 0.326 e. The van der Waals surface area contributed by atoms with Gasteiger partial charge in [-0.3, -0.25) is 4.79 Å². The van der Waals surface area contributed by atoms with Gasteiger partial charge >= 0.3 is 5.97 Å². The topological polar surface area (TPSA) is 84.9 Å². The molecule has 0 radical (unpaired) electrons. The molecule has 6 nitrogen and oxygen atoms in total. The Balaban J connectivity index is 2.29. The Morgan fingerprint density at radius 2 is 1.95 bits per heavy atom. The van der Waals surface area contributed by atoms with Crippen LogP contribution in [0.4, 0.5) is 0 Å². The fourth-order valence-corrected chi connectivity index (χ4v) is 1.54. The molecule has 0 aliphatic carbocycles. The number of amides is 1. The Morgan fingerprint density at radius 3 is 2.55 bits per heavy atom. The average Bonchev–Trinajstić information content (AvgIpc) is 2.44. The summed E-state index contributed by atoms with van der Waals surface area (Å²) < 4.78 is 10.2. The lowest BCUT2D eigenvalue weighted by atomic mass is 10.2. The lowest BCUT2D eigenvalue weighted by molar-refractivity contribution is -0.142. The van der Waals surface area contributed by atoms with Crippen molar-refractivity contribution in [2.24, 2.45) is 0 Å². The number of methoxy groups -OCH3 is 1. The van der Waals surface area contributed by atoms with Crippen LogP contribution in [0.3, 0.4) is 0 Å². The van der Waals surface area contributed by atoms with E-state index < -0.39 is 12.0 Å². The molecular weight excluding hydrogens is 262 g/mol.